The van der Waals surface area contributed by atoms with E-state index < -0.39 is 0 Å². The zero-order chi connectivity index (χ0) is 19.7. The van der Waals surface area contributed by atoms with Crippen LogP contribution in [0.15, 0.2) is 54.7 Å². The fraction of sp³-hybridized carbons (Fsp3) is 0.190. The molecule has 5 nitrogen and oxygen atoms in total. The van der Waals surface area contributed by atoms with Gasteiger partial charge in [-0.3, -0.25) is 4.68 Å². The molecule has 7 heteroatoms. The van der Waals surface area contributed by atoms with Crippen LogP contribution in [0.1, 0.15) is 23.0 Å². The Morgan fingerprint density at radius 3 is 2.54 bits per heavy atom. The molecule has 0 aliphatic heterocycles. The van der Waals surface area contributed by atoms with Gasteiger partial charge in [-0.2, -0.15) is 5.10 Å². The van der Waals surface area contributed by atoms with Crippen LogP contribution in [-0.4, -0.2) is 19.7 Å². The van der Waals surface area contributed by atoms with Gasteiger partial charge >= 0.3 is 0 Å². The Labute approximate surface area is 161 Å². The second kappa shape index (κ2) is 7.34. The maximum Gasteiger partial charge on any atom is 0.163 e. The molecule has 142 valence electrons. The highest BCUT2D eigenvalue weighted by atomic mass is 19.1. The molecular weight excluding hydrogens is 360 g/mol. The third kappa shape index (κ3) is 3.69. The maximum absolute atomic E-state index is 13.9. The normalized spacial score (nSPS) is 12.3. The molecular formula is C21H19F2N5. The SMILES string of the molecule is Cc1nc(N[C@@H](Cc2cccc(F)c2)c2cccc(F)c2)c2cnn(C)c2n1. The topological polar surface area (TPSA) is 55.6 Å². The summed E-state index contributed by atoms with van der Waals surface area (Å²) < 4.78 is 29.2. The largest absolute Gasteiger partial charge is 0.362 e. The summed E-state index contributed by atoms with van der Waals surface area (Å²) in [6, 6.07) is 12.5. The predicted molar refractivity (Wildman–Crippen MR) is 104 cm³/mol. The molecule has 0 amide bonds. The van der Waals surface area contributed by atoms with Crippen molar-refractivity contribution in [1.82, 2.24) is 19.7 Å². The van der Waals surface area contributed by atoms with Crippen molar-refractivity contribution in [2.75, 3.05) is 5.32 Å². The van der Waals surface area contributed by atoms with Crippen LogP contribution in [0.3, 0.4) is 0 Å². The third-order valence-electron chi connectivity index (χ3n) is 4.59. The van der Waals surface area contributed by atoms with Gasteiger partial charge in [-0.15, -0.1) is 0 Å². The molecule has 4 rings (SSSR count). The van der Waals surface area contributed by atoms with Crippen LogP contribution >= 0.6 is 0 Å². The van der Waals surface area contributed by atoms with Gasteiger partial charge < -0.3 is 5.32 Å². The molecule has 2 aromatic carbocycles. The van der Waals surface area contributed by atoms with Gasteiger partial charge in [-0.1, -0.05) is 24.3 Å². The van der Waals surface area contributed by atoms with Crippen LogP contribution < -0.4 is 5.32 Å². The number of nitrogens with zero attached hydrogens (tertiary/aromatic N) is 4. The van der Waals surface area contributed by atoms with Gasteiger partial charge in [0.05, 0.1) is 17.6 Å². The zero-order valence-electron chi connectivity index (χ0n) is 15.5. The molecule has 4 aromatic rings. The first-order valence-electron chi connectivity index (χ1n) is 8.92. The molecule has 0 aliphatic rings. The van der Waals surface area contributed by atoms with E-state index in [4.69, 9.17) is 0 Å². The molecule has 2 heterocycles. The molecule has 0 radical (unpaired) electrons. The van der Waals surface area contributed by atoms with E-state index in [0.717, 1.165) is 16.5 Å². The van der Waals surface area contributed by atoms with E-state index >= 15 is 0 Å². The lowest BCUT2D eigenvalue weighted by atomic mass is 9.98. The van der Waals surface area contributed by atoms with Gasteiger partial charge in [0.15, 0.2) is 5.65 Å². The average molecular weight is 379 g/mol. The molecule has 0 saturated carbocycles. The van der Waals surface area contributed by atoms with Crippen LogP contribution in [0.4, 0.5) is 14.6 Å². The van der Waals surface area contributed by atoms with Gasteiger partial charge in [0.2, 0.25) is 0 Å². The van der Waals surface area contributed by atoms with Crippen molar-refractivity contribution in [2.24, 2.45) is 7.05 Å². The number of aryl methyl sites for hydroxylation is 2. The van der Waals surface area contributed by atoms with Gasteiger partial charge in [0.25, 0.3) is 0 Å². The molecule has 0 saturated heterocycles. The molecule has 0 bridgehead atoms. The molecule has 2 aromatic heterocycles. The number of hydrogen-bond donors (Lipinski definition) is 1. The minimum Gasteiger partial charge on any atom is -0.362 e. The fourth-order valence-corrected chi connectivity index (χ4v) is 3.28. The Hall–Kier alpha value is -3.35. The lowest BCUT2D eigenvalue weighted by Crippen LogP contribution is -2.16. The van der Waals surface area contributed by atoms with Crippen molar-refractivity contribution in [3.63, 3.8) is 0 Å². The molecule has 0 spiro atoms. The smallest absolute Gasteiger partial charge is 0.163 e. The Balaban J connectivity index is 1.76. The lowest BCUT2D eigenvalue weighted by Gasteiger charge is -2.21. The van der Waals surface area contributed by atoms with Gasteiger partial charge in [0, 0.05) is 7.05 Å². The van der Waals surface area contributed by atoms with Crippen LogP contribution in [0.5, 0.6) is 0 Å². The summed E-state index contributed by atoms with van der Waals surface area (Å²) in [6.07, 6.45) is 2.16. The van der Waals surface area contributed by atoms with E-state index in [9.17, 15) is 8.78 Å². The summed E-state index contributed by atoms with van der Waals surface area (Å²) >= 11 is 0. The summed E-state index contributed by atoms with van der Waals surface area (Å²) in [5.74, 6) is 0.584. The molecule has 1 atom stereocenters. The number of fused-ring (bicyclic) bond motifs is 1. The summed E-state index contributed by atoms with van der Waals surface area (Å²) in [7, 11) is 1.81. The standard InChI is InChI=1S/C21H19F2N5/c1-13-25-20(18-12-24-28(2)21(18)26-13)27-19(15-6-4-8-17(23)11-15)10-14-5-3-7-16(22)9-14/h3-9,11-12,19H,10H2,1-2H3,(H,25,26,27)/t19-/m0/s1. The second-order valence-corrected chi connectivity index (χ2v) is 6.71. The lowest BCUT2D eigenvalue weighted by molar-refractivity contribution is 0.617. The Morgan fingerprint density at radius 2 is 1.79 bits per heavy atom. The van der Waals surface area contributed by atoms with E-state index in [-0.39, 0.29) is 17.7 Å². The summed E-state index contributed by atoms with van der Waals surface area (Å²) in [5.41, 5.74) is 2.26. The van der Waals surface area contributed by atoms with Crippen LogP contribution in [0, 0.1) is 18.6 Å². The number of anilines is 1. The van der Waals surface area contributed by atoms with E-state index in [2.05, 4.69) is 20.4 Å². The molecule has 0 fully saturated rings. The highest BCUT2D eigenvalue weighted by Gasteiger charge is 2.18. The first-order chi connectivity index (χ1) is 13.5. The van der Waals surface area contributed by atoms with Gasteiger partial charge in [0.1, 0.15) is 23.3 Å². The third-order valence-corrected chi connectivity index (χ3v) is 4.59. The Bertz CT molecular complexity index is 1140. The van der Waals surface area contributed by atoms with Crippen molar-refractivity contribution in [2.45, 2.75) is 19.4 Å². The predicted octanol–water partition coefficient (Wildman–Crippen LogP) is 4.35. The Kier molecular flexibility index (Phi) is 4.73. The highest BCUT2D eigenvalue weighted by Crippen LogP contribution is 2.27. The monoisotopic (exact) mass is 379 g/mol. The van der Waals surface area contributed by atoms with Crippen molar-refractivity contribution in [3.05, 3.63) is 83.3 Å². The van der Waals surface area contributed by atoms with Crippen LogP contribution in [0.2, 0.25) is 0 Å². The highest BCUT2D eigenvalue weighted by molar-refractivity contribution is 5.86. The zero-order valence-corrected chi connectivity index (χ0v) is 15.5. The number of nitrogens with one attached hydrogen (secondary N) is 1. The molecule has 1 N–H and O–H groups in total. The molecule has 28 heavy (non-hydrogen) atoms. The number of rotatable bonds is 5. The number of halogens is 2. The Morgan fingerprint density at radius 1 is 1.04 bits per heavy atom. The maximum atomic E-state index is 13.9. The average Bonchev–Trinajstić information content (AvgIpc) is 3.02. The molecule has 0 unspecified atom stereocenters. The van der Waals surface area contributed by atoms with Gasteiger partial charge in [-0.05, 0) is 48.7 Å². The van der Waals surface area contributed by atoms with Crippen molar-refractivity contribution in [3.8, 4) is 0 Å². The van der Waals surface area contributed by atoms with E-state index in [0.29, 0.717) is 23.7 Å². The van der Waals surface area contributed by atoms with Gasteiger partial charge in [-0.25, -0.2) is 18.7 Å². The quantitative estimate of drug-likeness (QED) is 0.560. The fourth-order valence-electron chi connectivity index (χ4n) is 3.28. The number of benzene rings is 2. The summed E-state index contributed by atoms with van der Waals surface area (Å²) in [6.45, 7) is 1.81. The first kappa shape index (κ1) is 18.0. The summed E-state index contributed by atoms with van der Waals surface area (Å²) in [5, 5.41) is 8.42. The number of hydrogen-bond acceptors (Lipinski definition) is 4. The van der Waals surface area contributed by atoms with E-state index in [1.54, 1.807) is 29.9 Å². The van der Waals surface area contributed by atoms with Crippen molar-refractivity contribution >= 4 is 16.9 Å². The minimum atomic E-state index is -0.325. The van der Waals surface area contributed by atoms with Crippen molar-refractivity contribution < 1.29 is 8.78 Å². The van der Waals surface area contributed by atoms with Crippen molar-refractivity contribution in [1.29, 1.82) is 0 Å². The molecule has 0 aliphatic carbocycles. The minimum absolute atomic E-state index is 0.303. The summed E-state index contributed by atoms with van der Waals surface area (Å²) in [4.78, 5) is 8.94. The van der Waals surface area contributed by atoms with E-state index in [1.807, 2.05) is 19.2 Å². The van der Waals surface area contributed by atoms with Crippen LogP contribution in [-0.2, 0) is 13.5 Å². The second-order valence-electron chi connectivity index (χ2n) is 6.71. The number of aromatic nitrogens is 4. The van der Waals surface area contributed by atoms with E-state index in [1.165, 1.54) is 24.3 Å². The first-order valence-corrected chi connectivity index (χ1v) is 8.92. The van der Waals surface area contributed by atoms with Crippen LogP contribution in [0.25, 0.3) is 11.0 Å².